The third-order valence-electron chi connectivity index (χ3n) is 9.95. The Bertz CT molecular complexity index is 1520. The molecule has 2 heterocycles. The quantitative estimate of drug-likeness (QED) is 0.223. The lowest BCUT2D eigenvalue weighted by atomic mass is 9.84. The number of rotatable bonds is 12. The Hall–Kier alpha value is -3.91. The SMILES string of the molecule is C#CCC[C@H](NC(=O)[C@@H]1C[C@]2(CC(c3cccc(Cl)c3)=NO2)CN1C(=O)[C@@H](NC(=O)CC1CCCCC1)C(C)(C)C)C(=O)C(=O)NC1CC1. The Morgan fingerprint density at radius 1 is 1.10 bits per heavy atom. The minimum Gasteiger partial charge on any atom is -0.387 e. The monoisotopic (exact) mass is 693 g/mol. The molecule has 4 atom stereocenters. The highest BCUT2D eigenvalue weighted by Gasteiger charge is 2.55. The number of nitrogens with one attached hydrogen (secondary N) is 3. The number of ketones is 1. The van der Waals surface area contributed by atoms with Crippen LogP contribution in [0.25, 0.3) is 0 Å². The zero-order chi connectivity index (χ0) is 35.3. The number of terminal acetylenes is 1. The Balaban J connectivity index is 1.39. The lowest BCUT2D eigenvalue weighted by Gasteiger charge is -2.36. The first-order valence-electron chi connectivity index (χ1n) is 17.5. The second-order valence-electron chi connectivity index (χ2n) is 15.2. The summed E-state index contributed by atoms with van der Waals surface area (Å²) in [5, 5.41) is 13.3. The Morgan fingerprint density at radius 2 is 1.84 bits per heavy atom. The summed E-state index contributed by atoms with van der Waals surface area (Å²) in [4.78, 5) is 75.4. The van der Waals surface area contributed by atoms with Crippen LogP contribution < -0.4 is 16.0 Å². The van der Waals surface area contributed by atoms with Gasteiger partial charge in [-0.2, -0.15) is 0 Å². The molecule has 4 amide bonds. The van der Waals surface area contributed by atoms with Crippen LogP contribution in [0.1, 0.15) is 103 Å². The van der Waals surface area contributed by atoms with Crippen molar-refractivity contribution in [3.63, 3.8) is 0 Å². The van der Waals surface area contributed by atoms with Crippen molar-refractivity contribution >= 4 is 46.7 Å². The molecule has 12 heteroatoms. The van der Waals surface area contributed by atoms with Gasteiger partial charge in [0.05, 0.1) is 18.3 Å². The fourth-order valence-electron chi connectivity index (χ4n) is 7.05. The maximum atomic E-state index is 14.6. The van der Waals surface area contributed by atoms with Gasteiger partial charge in [0.1, 0.15) is 12.1 Å². The second kappa shape index (κ2) is 15.3. The van der Waals surface area contributed by atoms with Crippen molar-refractivity contribution < 1.29 is 28.8 Å². The predicted molar refractivity (Wildman–Crippen MR) is 185 cm³/mol. The highest BCUT2D eigenvalue weighted by atomic mass is 35.5. The molecule has 1 aromatic rings. The number of oxime groups is 1. The van der Waals surface area contributed by atoms with Gasteiger partial charge < -0.3 is 25.7 Å². The lowest BCUT2D eigenvalue weighted by Crippen LogP contribution is -2.59. The highest BCUT2D eigenvalue weighted by Crippen LogP contribution is 2.40. The van der Waals surface area contributed by atoms with Crippen LogP contribution in [0.4, 0.5) is 0 Å². The zero-order valence-electron chi connectivity index (χ0n) is 28.7. The number of nitrogens with zero attached hydrogens (tertiary/aromatic N) is 2. The molecule has 3 N–H and O–H groups in total. The van der Waals surface area contributed by atoms with Crippen molar-refractivity contribution in [3.05, 3.63) is 34.9 Å². The highest BCUT2D eigenvalue weighted by molar-refractivity contribution is 6.38. The van der Waals surface area contributed by atoms with Crippen LogP contribution in [-0.2, 0) is 28.8 Å². The van der Waals surface area contributed by atoms with Gasteiger partial charge >= 0.3 is 0 Å². The van der Waals surface area contributed by atoms with Crippen LogP contribution >= 0.6 is 11.6 Å². The summed E-state index contributed by atoms with van der Waals surface area (Å²) in [6.45, 7) is 5.64. The number of benzene rings is 1. The third kappa shape index (κ3) is 9.21. The molecule has 2 aliphatic carbocycles. The van der Waals surface area contributed by atoms with E-state index in [0.29, 0.717) is 23.6 Å². The van der Waals surface area contributed by atoms with Gasteiger partial charge in [-0.1, -0.05) is 68.9 Å². The molecular formula is C37H48ClN5O6. The van der Waals surface area contributed by atoms with Gasteiger partial charge in [0.15, 0.2) is 5.60 Å². The number of likely N-dealkylation sites (tertiary alicyclic amines) is 1. The molecule has 0 bridgehead atoms. The first kappa shape index (κ1) is 36.4. The van der Waals surface area contributed by atoms with Crippen LogP contribution in [0.15, 0.2) is 29.4 Å². The fraction of sp³-hybridized carbons (Fsp3) is 0.622. The van der Waals surface area contributed by atoms with Crippen molar-refractivity contribution in [3.8, 4) is 12.3 Å². The summed E-state index contributed by atoms with van der Waals surface area (Å²) in [6, 6.07) is 3.97. The number of Topliss-reactive ketones (excluding diaryl/α,β-unsaturated/α-hetero) is 1. The molecule has 1 aromatic carbocycles. The Kier molecular flexibility index (Phi) is 11.4. The molecule has 0 aromatic heterocycles. The van der Waals surface area contributed by atoms with E-state index in [1.165, 1.54) is 11.3 Å². The van der Waals surface area contributed by atoms with Gasteiger partial charge in [-0.25, -0.2) is 0 Å². The van der Waals surface area contributed by atoms with Crippen molar-refractivity contribution in [2.75, 3.05) is 6.54 Å². The molecule has 5 rings (SSSR count). The van der Waals surface area contributed by atoms with Gasteiger partial charge in [0.2, 0.25) is 23.5 Å². The van der Waals surface area contributed by atoms with Gasteiger partial charge in [0.25, 0.3) is 5.91 Å². The Labute approximate surface area is 293 Å². The summed E-state index contributed by atoms with van der Waals surface area (Å²) in [6.07, 6.45) is 13.4. The van der Waals surface area contributed by atoms with E-state index in [-0.39, 0.29) is 43.7 Å². The molecule has 4 aliphatic rings. The minimum absolute atomic E-state index is 0.0215. The standard InChI is InChI=1S/C37H48ClN5O6/c1-5-6-15-27(31(45)34(47)39-26-16-17-26)40-33(46)29-21-37(20-28(42-49-37)24-13-10-14-25(38)19-24)22-43(29)35(48)32(36(2,3)4)41-30(44)18-23-11-8-7-9-12-23/h1,10,13-14,19,23,26-27,29,32H,6-9,11-12,15-18,20-22H2,2-4H3,(H,39,47)(H,40,46)(H,41,44)/t27-,29-,32+,37+/m0/s1. The molecule has 49 heavy (non-hydrogen) atoms. The summed E-state index contributed by atoms with van der Waals surface area (Å²) >= 11 is 6.24. The van der Waals surface area contributed by atoms with E-state index in [0.717, 1.165) is 44.1 Å². The molecule has 2 aliphatic heterocycles. The number of carbonyl (C=O) groups is 5. The number of halogens is 1. The second-order valence-corrected chi connectivity index (χ2v) is 15.6. The van der Waals surface area contributed by atoms with Crippen LogP contribution in [-0.4, -0.2) is 76.3 Å². The van der Waals surface area contributed by atoms with Crippen molar-refractivity contribution in [2.24, 2.45) is 16.5 Å². The maximum absolute atomic E-state index is 14.6. The predicted octanol–water partition coefficient (Wildman–Crippen LogP) is 4.05. The van der Waals surface area contributed by atoms with Crippen molar-refractivity contribution in [1.29, 1.82) is 0 Å². The maximum Gasteiger partial charge on any atom is 0.289 e. The topological polar surface area (TPSA) is 146 Å². The fourth-order valence-corrected chi connectivity index (χ4v) is 7.24. The summed E-state index contributed by atoms with van der Waals surface area (Å²) in [5.74, 6) is -0.0387. The molecule has 0 unspecified atom stereocenters. The van der Waals surface area contributed by atoms with Crippen LogP contribution in [0.5, 0.6) is 0 Å². The van der Waals surface area contributed by atoms with Gasteiger partial charge in [0, 0.05) is 42.3 Å². The molecule has 11 nitrogen and oxygen atoms in total. The normalized spacial score (nSPS) is 23.5. The first-order chi connectivity index (χ1) is 23.3. The van der Waals surface area contributed by atoms with Gasteiger partial charge in [-0.15, -0.1) is 12.3 Å². The van der Waals surface area contributed by atoms with E-state index in [9.17, 15) is 24.0 Å². The van der Waals surface area contributed by atoms with Crippen LogP contribution in [0.3, 0.4) is 0 Å². The van der Waals surface area contributed by atoms with Crippen LogP contribution in [0.2, 0.25) is 5.02 Å². The smallest absolute Gasteiger partial charge is 0.289 e. The van der Waals surface area contributed by atoms with Gasteiger partial charge in [-0.05, 0) is 55.6 Å². The number of carbonyl (C=O) groups excluding carboxylic acids is 5. The minimum atomic E-state index is -1.17. The molecule has 264 valence electrons. The van der Waals surface area contributed by atoms with Crippen LogP contribution in [0, 0.1) is 23.7 Å². The summed E-state index contributed by atoms with van der Waals surface area (Å²) in [5.41, 5.74) is -0.338. The Morgan fingerprint density at radius 3 is 2.49 bits per heavy atom. The summed E-state index contributed by atoms with van der Waals surface area (Å²) in [7, 11) is 0. The van der Waals surface area contributed by atoms with E-state index in [2.05, 4.69) is 27.0 Å². The van der Waals surface area contributed by atoms with E-state index >= 15 is 0 Å². The largest absolute Gasteiger partial charge is 0.387 e. The molecule has 1 spiro atoms. The molecule has 1 saturated heterocycles. The van der Waals surface area contributed by atoms with E-state index in [4.69, 9.17) is 22.9 Å². The molecule has 0 radical (unpaired) electrons. The van der Waals surface area contributed by atoms with Crippen molar-refractivity contribution in [1.82, 2.24) is 20.9 Å². The van der Waals surface area contributed by atoms with E-state index in [1.54, 1.807) is 12.1 Å². The summed E-state index contributed by atoms with van der Waals surface area (Å²) < 4.78 is 0. The number of hydrogen-bond acceptors (Lipinski definition) is 7. The molecular weight excluding hydrogens is 646 g/mol. The third-order valence-corrected chi connectivity index (χ3v) is 10.2. The zero-order valence-corrected chi connectivity index (χ0v) is 29.4. The van der Waals surface area contributed by atoms with Crippen molar-refractivity contribution in [2.45, 2.75) is 128 Å². The average Bonchev–Trinajstić information content (AvgIpc) is 3.65. The molecule has 3 fully saturated rings. The first-order valence-corrected chi connectivity index (χ1v) is 17.9. The lowest BCUT2D eigenvalue weighted by molar-refractivity contribution is -0.145. The number of amides is 4. The van der Waals surface area contributed by atoms with Gasteiger partial charge in [-0.3, -0.25) is 24.0 Å². The molecule has 2 saturated carbocycles. The van der Waals surface area contributed by atoms with E-state index in [1.807, 2.05) is 32.9 Å². The average molecular weight is 694 g/mol. The van der Waals surface area contributed by atoms with E-state index < -0.39 is 52.6 Å². The number of hydrogen-bond donors (Lipinski definition) is 3.